The molecule has 6 nitrogen and oxygen atoms in total. The van der Waals surface area contributed by atoms with Gasteiger partial charge in [-0.25, -0.2) is 4.39 Å². The summed E-state index contributed by atoms with van der Waals surface area (Å²) in [5, 5.41) is 6.98. The second-order valence-corrected chi connectivity index (χ2v) is 11.3. The first kappa shape index (κ1) is 29.4. The second-order valence-electron chi connectivity index (χ2n) is 11.3. The Morgan fingerprint density at radius 3 is 2.36 bits per heavy atom. The van der Waals surface area contributed by atoms with E-state index in [1.54, 1.807) is 24.3 Å². The predicted molar refractivity (Wildman–Crippen MR) is 167 cm³/mol. The van der Waals surface area contributed by atoms with Crippen LogP contribution in [0.2, 0.25) is 0 Å². The van der Waals surface area contributed by atoms with Crippen molar-refractivity contribution >= 4 is 28.4 Å². The minimum atomic E-state index is -0.274. The molecule has 0 aliphatic carbocycles. The number of nitrogens with zero attached hydrogens (tertiary/aromatic N) is 2. The molecule has 2 amide bonds. The highest BCUT2D eigenvalue weighted by Crippen LogP contribution is 2.27. The lowest BCUT2D eigenvalue weighted by Crippen LogP contribution is -2.33. The lowest BCUT2D eigenvalue weighted by atomic mass is 9.91. The van der Waals surface area contributed by atoms with E-state index in [0.717, 1.165) is 65.8 Å². The Hall–Kier alpha value is -4.10. The van der Waals surface area contributed by atoms with E-state index in [2.05, 4.69) is 27.7 Å². The Morgan fingerprint density at radius 1 is 0.976 bits per heavy atom. The lowest BCUT2D eigenvalue weighted by Gasteiger charge is -2.32. The van der Waals surface area contributed by atoms with Crippen molar-refractivity contribution in [3.8, 4) is 11.1 Å². The third kappa shape index (κ3) is 7.59. The Bertz CT molecular complexity index is 1530. The quantitative estimate of drug-likeness (QED) is 0.214. The summed E-state index contributed by atoms with van der Waals surface area (Å²) in [5.74, 6) is 0.407. The molecule has 4 aromatic rings. The number of amides is 2. The number of anilines is 1. The molecular weight excluding hydrogens is 527 g/mol. The molecule has 1 aliphatic rings. The summed E-state index contributed by atoms with van der Waals surface area (Å²) >= 11 is 0. The summed E-state index contributed by atoms with van der Waals surface area (Å²) in [7, 11) is 0. The summed E-state index contributed by atoms with van der Waals surface area (Å²) in [6.45, 7) is 7.67. The molecule has 0 spiro atoms. The van der Waals surface area contributed by atoms with Crippen LogP contribution in [0.4, 0.5) is 10.1 Å². The number of benzene rings is 3. The standard InChI is InChI=1S/C35H39FN4O2/c1-3-37-34(41)6-4-5-25-15-17-40(18-16-25)23-26-20-30-19-24(2)32(21-33(30)38-22-26)39-35(42)29-9-7-27(8-10-29)28-11-13-31(36)14-12-28/h7-14,19-22,25H,3-6,15-18,23H2,1-2H3,(H,37,41)(H,39,42). The fourth-order valence-corrected chi connectivity index (χ4v) is 5.74. The average molecular weight is 567 g/mol. The van der Waals surface area contributed by atoms with Crippen molar-refractivity contribution in [1.29, 1.82) is 0 Å². The van der Waals surface area contributed by atoms with Gasteiger partial charge in [-0.2, -0.15) is 0 Å². The minimum Gasteiger partial charge on any atom is -0.356 e. The topological polar surface area (TPSA) is 74.3 Å². The largest absolute Gasteiger partial charge is 0.356 e. The first-order valence-corrected chi connectivity index (χ1v) is 14.9. The van der Waals surface area contributed by atoms with E-state index in [1.807, 2.05) is 38.2 Å². The zero-order valence-electron chi connectivity index (χ0n) is 24.5. The van der Waals surface area contributed by atoms with E-state index in [4.69, 9.17) is 4.98 Å². The van der Waals surface area contributed by atoms with Crippen molar-refractivity contribution in [3.63, 3.8) is 0 Å². The second kappa shape index (κ2) is 13.7. The number of piperidine rings is 1. The number of carbonyl (C=O) groups excluding carboxylic acids is 2. The minimum absolute atomic E-state index is 0.165. The van der Waals surface area contributed by atoms with Crippen LogP contribution in [0, 0.1) is 18.7 Å². The number of hydrogen-bond acceptors (Lipinski definition) is 4. The molecule has 7 heteroatoms. The lowest BCUT2D eigenvalue weighted by molar-refractivity contribution is -0.121. The molecule has 42 heavy (non-hydrogen) atoms. The molecule has 0 radical (unpaired) electrons. The molecular formula is C35H39FN4O2. The van der Waals surface area contributed by atoms with Gasteiger partial charge in [0.15, 0.2) is 0 Å². The highest BCUT2D eigenvalue weighted by molar-refractivity contribution is 6.05. The van der Waals surface area contributed by atoms with Gasteiger partial charge in [0.05, 0.1) is 5.52 Å². The van der Waals surface area contributed by atoms with Gasteiger partial charge in [-0.1, -0.05) is 24.3 Å². The molecule has 1 saturated heterocycles. The smallest absolute Gasteiger partial charge is 0.255 e. The molecule has 1 fully saturated rings. The first-order valence-electron chi connectivity index (χ1n) is 14.9. The van der Waals surface area contributed by atoms with Crippen molar-refractivity contribution in [2.45, 2.75) is 52.5 Å². The van der Waals surface area contributed by atoms with E-state index in [1.165, 1.54) is 30.5 Å². The first-order chi connectivity index (χ1) is 20.4. The molecule has 0 unspecified atom stereocenters. The number of pyridine rings is 1. The average Bonchev–Trinajstić information content (AvgIpc) is 2.99. The number of rotatable bonds is 10. The van der Waals surface area contributed by atoms with Crippen LogP contribution in [-0.4, -0.2) is 41.3 Å². The van der Waals surface area contributed by atoms with Crippen molar-refractivity contribution in [3.05, 3.63) is 95.4 Å². The van der Waals surface area contributed by atoms with E-state index in [-0.39, 0.29) is 17.6 Å². The van der Waals surface area contributed by atoms with Crippen molar-refractivity contribution < 1.29 is 14.0 Å². The van der Waals surface area contributed by atoms with Crippen LogP contribution >= 0.6 is 0 Å². The monoisotopic (exact) mass is 566 g/mol. The third-order valence-electron chi connectivity index (χ3n) is 8.16. The number of hydrogen-bond donors (Lipinski definition) is 2. The number of aromatic nitrogens is 1. The zero-order valence-corrected chi connectivity index (χ0v) is 24.5. The van der Waals surface area contributed by atoms with Gasteiger partial charge < -0.3 is 10.6 Å². The maximum Gasteiger partial charge on any atom is 0.255 e. The van der Waals surface area contributed by atoms with Crippen molar-refractivity contribution in [2.75, 3.05) is 25.0 Å². The summed E-state index contributed by atoms with van der Waals surface area (Å²) in [6.07, 6.45) is 7.02. The van der Waals surface area contributed by atoms with Crippen LogP contribution in [0.1, 0.15) is 60.5 Å². The molecule has 2 heterocycles. The van der Waals surface area contributed by atoms with E-state index in [0.29, 0.717) is 24.4 Å². The Labute approximate surface area is 247 Å². The van der Waals surface area contributed by atoms with Crippen LogP contribution in [-0.2, 0) is 11.3 Å². The molecule has 0 atom stereocenters. The van der Waals surface area contributed by atoms with Crippen LogP contribution < -0.4 is 10.6 Å². The van der Waals surface area contributed by atoms with Crippen LogP contribution in [0.15, 0.2) is 72.9 Å². The highest BCUT2D eigenvalue weighted by atomic mass is 19.1. The van der Waals surface area contributed by atoms with Gasteiger partial charge in [0.1, 0.15) is 5.82 Å². The SMILES string of the molecule is CCNC(=O)CCCC1CCN(Cc2cnc3cc(NC(=O)c4ccc(-c5ccc(F)cc5)cc4)c(C)cc3c2)CC1. The summed E-state index contributed by atoms with van der Waals surface area (Å²) in [6, 6.07) is 19.8. The summed E-state index contributed by atoms with van der Waals surface area (Å²) in [5.41, 5.74) is 6.12. The molecule has 1 aromatic heterocycles. The van der Waals surface area contributed by atoms with Gasteiger partial charge >= 0.3 is 0 Å². The van der Waals surface area contributed by atoms with E-state index in [9.17, 15) is 14.0 Å². The molecule has 5 rings (SSSR count). The van der Waals surface area contributed by atoms with Gasteiger partial charge in [-0.15, -0.1) is 0 Å². The van der Waals surface area contributed by atoms with Crippen LogP contribution in [0.3, 0.4) is 0 Å². The Kier molecular flexibility index (Phi) is 9.59. The molecule has 218 valence electrons. The predicted octanol–water partition coefficient (Wildman–Crippen LogP) is 7.12. The van der Waals surface area contributed by atoms with Gasteiger partial charge in [-0.05, 0) is 123 Å². The number of halogens is 1. The highest BCUT2D eigenvalue weighted by Gasteiger charge is 2.20. The third-order valence-corrected chi connectivity index (χ3v) is 8.16. The number of likely N-dealkylation sites (tertiary alicyclic amines) is 1. The van der Waals surface area contributed by atoms with Crippen molar-refractivity contribution in [2.24, 2.45) is 5.92 Å². The molecule has 1 aliphatic heterocycles. The Morgan fingerprint density at radius 2 is 1.67 bits per heavy atom. The van der Waals surface area contributed by atoms with Crippen LogP contribution in [0.25, 0.3) is 22.0 Å². The van der Waals surface area contributed by atoms with Crippen molar-refractivity contribution in [1.82, 2.24) is 15.2 Å². The number of nitrogens with one attached hydrogen (secondary N) is 2. The van der Waals surface area contributed by atoms with Gasteiger partial charge in [-0.3, -0.25) is 19.5 Å². The van der Waals surface area contributed by atoms with Gasteiger partial charge in [0.25, 0.3) is 5.91 Å². The molecule has 0 saturated carbocycles. The molecule has 0 bridgehead atoms. The zero-order chi connectivity index (χ0) is 29.5. The van der Waals surface area contributed by atoms with E-state index >= 15 is 0 Å². The normalized spacial score (nSPS) is 14.2. The summed E-state index contributed by atoms with van der Waals surface area (Å²) in [4.78, 5) is 31.9. The van der Waals surface area contributed by atoms with Gasteiger partial charge in [0.2, 0.25) is 5.91 Å². The number of fused-ring (bicyclic) bond motifs is 1. The number of carbonyl (C=O) groups is 2. The maximum absolute atomic E-state index is 13.2. The molecule has 3 aromatic carbocycles. The van der Waals surface area contributed by atoms with E-state index < -0.39 is 0 Å². The van der Waals surface area contributed by atoms with Gasteiger partial charge in [0, 0.05) is 42.3 Å². The fourth-order valence-electron chi connectivity index (χ4n) is 5.74. The number of aryl methyl sites for hydroxylation is 1. The van der Waals surface area contributed by atoms with Crippen LogP contribution in [0.5, 0.6) is 0 Å². The summed E-state index contributed by atoms with van der Waals surface area (Å²) < 4.78 is 13.2. The maximum atomic E-state index is 13.2. The fraction of sp³-hybridized carbons (Fsp3) is 0.343. The Balaban J connectivity index is 1.15. The molecule has 2 N–H and O–H groups in total.